The van der Waals surface area contributed by atoms with E-state index in [9.17, 15) is 9.59 Å². The molecule has 0 radical (unpaired) electrons. The van der Waals surface area contributed by atoms with Crippen LogP contribution in [0, 0.1) is 0 Å². The van der Waals surface area contributed by atoms with Gasteiger partial charge in [0.25, 0.3) is 5.91 Å². The van der Waals surface area contributed by atoms with E-state index in [0.29, 0.717) is 18.5 Å². The topological polar surface area (TPSA) is 69.6 Å². The predicted octanol–water partition coefficient (Wildman–Crippen LogP) is 1.41. The van der Waals surface area contributed by atoms with Crippen LogP contribution in [-0.2, 0) is 4.79 Å². The van der Waals surface area contributed by atoms with Crippen molar-refractivity contribution in [1.29, 1.82) is 0 Å². The fourth-order valence-corrected chi connectivity index (χ4v) is 1.76. The maximum atomic E-state index is 11.8. The van der Waals surface area contributed by atoms with Crippen molar-refractivity contribution >= 4 is 27.7 Å². The first kappa shape index (κ1) is 16.7. The van der Waals surface area contributed by atoms with Crippen LogP contribution in [-0.4, -0.2) is 48.1 Å². The van der Waals surface area contributed by atoms with E-state index in [1.54, 1.807) is 38.2 Å². The zero-order valence-corrected chi connectivity index (χ0v) is 13.2. The van der Waals surface area contributed by atoms with E-state index in [1.807, 2.05) is 0 Å². The molecule has 1 aromatic carbocycles. The van der Waals surface area contributed by atoms with Gasteiger partial charge in [-0.1, -0.05) is 15.9 Å². The third-order valence-electron chi connectivity index (χ3n) is 2.81. The van der Waals surface area contributed by atoms with Gasteiger partial charge in [0.15, 0.2) is 0 Å². The molecule has 1 atom stereocenters. The van der Waals surface area contributed by atoms with Gasteiger partial charge in [-0.15, -0.1) is 0 Å². The Morgan fingerprint density at radius 1 is 1.35 bits per heavy atom. The van der Waals surface area contributed by atoms with Crippen LogP contribution in [0.2, 0.25) is 0 Å². The first-order valence-corrected chi connectivity index (χ1v) is 7.15. The number of nitrogens with one attached hydrogen (secondary N) is 1. The van der Waals surface area contributed by atoms with Crippen molar-refractivity contribution in [2.45, 2.75) is 19.4 Å². The summed E-state index contributed by atoms with van der Waals surface area (Å²) >= 11 is 3.29. The van der Waals surface area contributed by atoms with E-state index in [4.69, 9.17) is 5.11 Å². The highest BCUT2D eigenvalue weighted by Crippen LogP contribution is 2.10. The lowest BCUT2D eigenvalue weighted by atomic mass is 10.2. The second-order valence-electron chi connectivity index (χ2n) is 4.64. The van der Waals surface area contributed by atoms with E-state index >= 15 is 0 Å². The minimum absolute atomic E-state index is 0.0504. The van der Waals surface area contributed by atoms with Crippen molar-refractivity contribution in [3.63, 3.8) is 0 Å². The molecule has 0 saturated carbocycles. The van der Waals surface area contributed by atoms with Crippen LogP contribution >= 0.6 is 15.9 Å². The maximum Gasteiger partial charge on any atom is 0.251 e. The molecule has 0 aliphatic heterocycles. The monoisotopic (exact) mass is 342 g/mol. The van der Waals surface area contributed by atoms with Crippen LogP contribution in [0.4, 0.5) is 0 Å². The molecule has 6 heteroatoms. The van der Waals surface area contributed by atoms with E-state index in [-0.39, 0.29) is 18.4 Å². The molecular formula is C14H19BrN2O3. The fourth-order valence-electron chi connectivity index (χ4n) is 1.50. The molecule has 0 spiro atoms. The molecular weight excluding hydrogens is 324 g/mol. The van der Waals surface area contributed by atoms with Crippen LogP contribution in [0.1, 0.15) is 23.7 Å². The fraction of sp³-hybridized carbons (Fsp3) is 0.429. The first-order chi connectivity index (χ1) is 9.40. The summed E-state index contributed by atoms with van der Waals surface area (Å²) in [6, 6.07) is 6.90. The first-order valence-electron chi connectivity index (χ1n) is 6.36. The number of aliphatic hydroxyl groups is 1. The molecule has 110 valence electrons. The number of rotatable bonds is 6. The van der Waals surface area contributed by atoms with Gasteiger partial charge in [-0.25, -0.2) is 0 Å². The SMILES string of the molecule is C[C@@H](O)CCN(C)C(=O)CNC(=O)c1ccc(Br)cc1. The van der Waals surface area contributed by atoms with Crippen molar-refractivity contribution < 1.29 is 14.7 Å². The van der Waals surface area contributed by atoms with Crippen LogP contribution in [0.25, 0.3) is 0 Å². The summed E-state index contributed by atoms with van der Waals surface area (Å²) in [7, 11) is 1.65. The summed E-state index contributed by atoms with van der Waals surface area (Å²) in [5, 5.41) is 11.7. The number of nitrogens with zero attached hydrogens (tertiary/aromatic N) is 1. The average molecular weight is 343 g/mol. The Hall–Kier alpha value is -1.40. The van der Waals surface area contributed by atoms with Crippen molar-refractivity contribution in [2.75, 3.05) is 20.1 Å². The second-order valence-corrected chi connectivity index (χ2v) is 5.56. The van der Waals surface area contributed by atoms with Crippen LogP contribution < -0.4 is 5.32 Å². The van der Waals surface area contributed by atoms with E-state index in [1.165, 1.54) is 4.90 Å². The highest BCUT2D eigenvalue weighted by molar-refractivity contribution is 9.10. The number of amides is 2. The van der Waals surface area contributed by atoms with Crippen molar-refractivity contribution in [3.05, 3.63) is 34.3 Å². The molecule has 20 heavy (non-hydrogen) atoms. The standard InChI is InChI=1S/C14H19BrN2O3/c1-10(18)7-8-17(2)13(19)9-16-14(20)11-3-5-12(15)6-4-11/h3-6,10,18H,7-9H2,1-2H3,(H,16,20)/t10-/m1/s1. The smallest absolute Gasteiger partial charge is 0.251 e. The number of hydrogen-bond donors (Lipinski definition) is 2. The lowest BCUT2D eigenvalue weighted by molar-refractivity contribution is -0.129. The van der Waals surface area contributed by atoms with Gasteiger partial charge in [-0.3, -0.25) is 9.59 Å². The molecule has 0 saturated heterocycles. The molecule has 2 N–H and O–H groups in total. The molecule has 0 heterocycles. The molecule has 0 fully saturated rings. The minimum atomic E-state index is -0.442. The molecule has 0 aliphatic carbocycles. The summed E-state index contributed by atoms with van der Waals surface area (Å²) in [4.78, 5) is 25.1. The predicted molar refractivity (Wildman–Crippen MR) is 80.4 cm³/mol. The van der Waals surface area contributed by atoms with Crippen molar-refractivity contribution in [2.24, 2.45) is 0 Å². The van der Waals surface area contributed by atoms with E-state index < -0.39 is 6.10 Å². The summed E-state index contributed by atoms with van der Waals surface area (Å²) in [6.07, 6.45) is 0.0747. The number of likely N-dealkylation sites (N-methyl/N-ethyl adjacent to an activating group) is 1. The summed E-state index contributed by atoms with van der Waals surface area (Å²) in [5.74, 6) is -0.467. The van der Waals surface area contributed by atoms with E-state index in [2.05, 4.69) is 21.2 Å². The van der Waals surface area contributed by atoms with Gasteiger partial charge in [-0.2, -0.15) is 0 Å². The Bertz CT molecular complexity index is 460. The van der Waals surface area contributed by atoms with Gasteiger partial charge in [0.1, 0.15) is 0 Å². The quantitative estimate of drug-likeness (QED) is 0.821. The Balaban J connectivity index is 2.40. The Morgan fingerprint density at radius 2 is 1.95 bits per heavy atom. The molecule has 0 bridgehead atoms. The van der Waals surface area contributed by atoms with Gasteiger partial charge in [0, 0.05) is 23.6 Å². The summed E-state index contributed by atoms with van der Waals surface area (Å²) < 4.78 is 0.892. The summed E-state index contributed by atoms with van der Waals surface area (Å²) in [5.41, 5.74) is 0.507. The summed E-state index contributed by atoms with van der Waals surface area (Å²) in [6.45, 7) is 2.09. The van der Waals surface area contributed by atoms with Gasteiger partial charge < -0.3 is 15.3 Å². The number of hydrogen-bond acceptors (Lipinski definition) is 3. The van der Waals surface area contributed by atoms with Gasteiger partial charge in [0.05, 0.1) is 12.6 Å². The molecule has 0 aromatic heterocycles. The lowest BCUT2D eigenvalue weighted by Crippen LogP contribution is -2.39. The Labute approximate surface area is 127 Å². The molecule has 0 unspecified atom stereocenters. The van der Waals surface area contributed by atoms with Crippen LogP contribution in [0.15, 0.2) is 28.7 Å². The lowest BCUT2D eigenvalue weighted by Gasteiger charge is -2.18. The van der Waals surface area contributed by atoms with E-state index in [0.717, 1.165) is 4.47 Å². The minimum Gasteiger partial charge on any atom is -0.393 e. The molecule has 1 aromatic rings. The molecule has 1 rings (SSSR count). The molecule has 2 amide bonds. The third kappa shape index (κ3) is 5.71. The maximum absolute atomic E-state index is 11.8. The van der Waals surface area contributed by atoms with Crippen LogP contribution in [0.3, 0.4) is 0 Å². The highest BCUT2D eigenvalue weighted by Gasteiger charge is 2.12. The van der Waals surface area contributed by atoms with Crippen molar-refractivity contribution in [1.82, 2.24) is 10.2 Å². The number of carbonyl (C=O) groups excluding carboxylic acids is 2. The number of halogens is 1. The molecule has 5 nitrogen and oxygen atoms in total. The average Bonchev–Trinajstić information content (AvgIpc) is 2.42. The van der Waals surface area contributed by atoms with Crippen molar-refractivity contribution in [3.8, 4) is 0 Å². The highest BCUT2D eigenvalue weighted by atomic mass is 79.9. The Morgan fingerprint density at radius 3 is 2.50 bits per heavy atom. The third-order valence-corrected chi connectivity index (χ3v) is 3.34. The van der Waals surface area contributed by atoms with Gasteiger partial charge in [-0.05, 0) is 37.6 Å². The zero-order valence-electron chi connectivity index (χ0n) is 11.6. The normalized spacial score (nSPS) is 11.8. The number of aliphatic hydroxyl groups excluding tert-OH is 1. The molecule has 0 aliphatic rings. The van der Waals surface area contributed by atoms with Gasteiger partial charge >= 0.3 is 0 Å². The largest absolute Gasteiger partial charge is 0.393 e. The Kier molecular flexibility index (Phi) is 6.67. The van der Waals surface area contributed by atoms with Gasteiger partial charge in [0.2, 0.25) is 5.91 Å². The number of benzene rings is 1. The second kappa shape index (κ2) is 8.01. The number of carbonyl (C=O) groups is 2. The van der Waals surface area contributed by atoms with Crippen LogP contribution in [0.5, 0.6) is 0 Å². The zero-order chi connectivity index (χ0) is 15.1.